The van der Waals surface area contributed by atoms with Crippen molar-refractivity contribution in [2.45, 2.75) is 26.4 Å². The highest BCUT2D eigenvalue weighted by Crippen LogP contribution is 2.19. The van der Waals surface area contributed by atoms with Gasteiger partial charge in [0.1, 0.15) is 0 Å². The summed E-state index contributed by atoms with van der Waals surface area (Å²) in [6, 6.07) is 2.04. The molecule has 17 heavy (non-hydrogen) atoms. The lowest BCUT2D eigenvalue weighted by Gasteiger charge is -2.19. The van der Waals surface area contributed by atoms with Crippen LogP contribution in [0, 0.1) is 17.5 Å². The SMILES string of the molecule is CC(C)(C)OCCNc1ccc(F)c(F)c1F. The van der Waals surface area contributed by atoms with E-state index in [9.17, 15) is 13.2 Å². The molecule has 1 aromatic carbocycles. The summed E-state index contributed by atoms with van der Waals surface area (Å²) in [5.74, 6) is -3.87. The molecule has 5 heteroatoms. The van der Waals surface area contributed by atoms with E-state index in [4.69, 9.17) is 4.74 Å². The second-order valence-corrected chi connectivity index (χ2v) is 4.61. The maximum absolute atomic E-state index is 13.2. The largest absolute Gasteiger partial charge is 0.380 e. The van der Waals surface area contributed by atoms with E-state index >= 15 is 0 Å². The lowest BCUT2D eigenvalue weighted by Crippen LogP contribution is -2.23. The van der Waals surface area contributed by atoms with Crippen LogP contribution in [0.2, 0.25) is 0 Å². The summed E-state index contributed by atoms with van der Waals surface area (Å²) >= 11 is 0. The number of rotatable bonds is 4. The maximum atomic E-state index is 13.2. The normalized spacial score (nSPS) is 11.6. The van der Waals surface area contributed by atoms with Crippen molar-refractivity contribution in [1.82, 2.24) is 0 Å². The van der Waals surface area contributed by atoms with Crippen molar-refractivity contribution in [3.63, 3.8) is 0 Å². The smallest absolute Gasteiger partial charge is 0.196 e. The first-order valence-electron chi connectivity index (χ1n) is 5.32. The van der Waals surface area contributed by atoms with Gasteiger partial charge in [-0.15, -0.1) is 0 Å². The Hall–Kier alpha value is -1.23. The molecule has 0 aliphatic rings. The number of ether oxygens (including phenoxy) is 1. The van der Waals surface area contributed by atoms with Crippen LogP contribution in [0.25, 0.3) is 0 Å². The van der Waals surface area contributed by atoms with Crippen molar-refractivity contribution in [3.8, 4) is 0 Å². The third-order valence-corrected chi connectivity index (χ3v) is 1.99. The lowest BCUT2D eigenvalue weighted by atomic mass is 10.2. The van der Waals surface area contributed by atoms with Crippen LogP contribution in [0.3, 0.4) is 0 Å². The van der Waals surface area contributed by atoms with Gasteiger partial charge in [-0.3, -0.25) is 0 Å². The standard InChI is InChI=1S/C12H16F3NO/c1-12(2,3)17-7-6-16-9-5-4-8(13)10(14)11(9)15/h4-5,16H,6-7H2,1-3H3. The average Bonchev–Trinajstić information content (AvgIpc) is 2.22. The zero-order valence-electron chi connectivity index (χ0n) is 10.1. The van der Waals surface area contributed by atoms with Crippen molar-refractivity contribution in [2.75, 3.05) is 18.5 Å². The van der Waals surface area contributed by atoms with Crippen molar-refractivity contribution in [1.29, 1.82) is 0 Å². The predicted molar refractivity (Wildman–Crippen MR) is 60.5 cm³/mol. The van der Waals surface area contributed by atoms with Gasteiger partial charge in [0.25, 0.3) is 0 Å². The van der Waals surface area contributed by atoms with Gasteiger partial charge in [0, 0.05) is 6.54 Å². The fraction of sp³-hybridized carbons (Fsp3) is 0.500. The summed E-state index contributed by atoms with van der Waals surface area (Å²) in [7, 11) is 0. The van der Waals surface area contributed by atoms with Crippen LogP contribution in [0.15, 0.2) is 12.1 Å². The molecule has 0 aromatic heterocycles. The van der Waals surface area contributed by atoms with Crippen LogP contribution in [0.1, 0.15) is 20.8 Å². The zero-order valence-corrected chi connectivity index (χ0v) is 10.1. The van der Waals surface area contributed by atoms with E-state index in [2.05, 4.69) is 5.32 Å². The van der Waals surface area contributed by atoms with Crippen molar-refractivity contribution >= 4 is 5.69 Å². The molecular formula is C12H16F3NO. The Labute approximate surface area is 98.8 Å². The molecule has 0 saturated heterocycles. The minimum absolute atomic E-state index is 0.0681. The summed E-state index contributed by atoms with van der Waals surface area (Å²) in [5, 5.41) is 2.65. The van der Waals surface area contributed by atoms with Gasteiger partial charge in [-0.1, -0.05) is 0 Å². The summed E-state index contributed by atoms with van der Waals surface area (Å²) in [6.07, 6.45) is 0. The van der Waals surface area contributed by atoms with Crippen LogP contribution < -0.4 is 5.32 Å². The number of nitrogens with one attached hydrogen (secondary N) is 1. The molecule has 96 valence electrons. The molecule has 0 aliphatic heterocycles. The molecular weight excluding hydrogens is 231 g/mol. The Kier molecular flexibility index (Phi) is 4.40. The summed E-state index contributed by atoms with van der Waals surface area (Å²) < 4.78 is 44.1. The van der Waals surface area contributed by atoms with Crippen LogP contribution in [0.5, 0.6) is 0 Å². The molecule has 1 N–H and O–H groups in total. The Bertz CT molecular complexity index is 388. The molecule has 0 aliphatic carbocycles. The number of halogens is 3. The third-order valence-electron chi connectivity index (χ3n) is 1.99. The van der Waals surface area contributed by atoms with E-state index in [1.54, 1.807) is 0 Å². The molecule has 0 saturated carbocycles. The van der Waals surface area contributed by atoms with Crippen LogP contribution in [0.4, 0.5) is 18.9 Å². The monoisotopic (exact) mass is 247 g/mol. The second-order valence-electron chi connectivity index (χ2n) is 4.61. The van der Waals surface area contributed by atoms with E-state index in [0.717, 1.165) is 12.1 Å². The molecule has 0 unspecified atom stereocenters. The highest BCUT2D eigenvalue weighted by molar-refractivity contribution is 5.45. The first-order valence-corrected chi connectivity index (χ1v) is 5.32. The van der Waals surface area contributed by atoms with Gasteiger partial charge in [0.15, 0.2) is 17.5 Å². The number of hydrogen-bond acceptors (Lipinski definition) is 2. The first-order chi connectivity index (χ1) is 7.81. The molecule has 0 spiro atoms. The highest BCUT2D eigenvalue weighted by atomic mass is 19.2. The summed E-state index contributed by atoms with van der Waals surface area (Å²) in [5.41, 5.74) is -0.352. The molecule has 0 atom stereocenters. The number of hydrogen-bond donors (Lipinski definition) is 1. The third kappa shape index (κ3) is 4.26. The topological polar surface area (TPSA) is 21.3 Å². The van der Waals surface area contributed by atoms with Gasteiger partial charge in [0.2, 0.25) is 0 Å². The molecule has 0 fully saturated rings. The Morgan fingerprint density at radius 1 is 1.12 bits per heavy atom. The van der Waals surface area contributed by atoms with Gasteiger partial charge in [-0.05, 0) is 32.9 Å². The van der Waals surface area contributed by atoms with Gasteiger partial charge < -0.3 is 10.1 Å². The fourth-order valence-corrected chi connectivity index (χ4v) is 1.21. The van der Waals surface area contributed by atoms with Crippen LogP contribution >= 0.6 is 0 Å². The van der Waals surface area contributed by atoms with Crippen LogP contribution in [-0.2, 0) is 4.74 Å². The van der Waals surface area contributed by atoms with Crippen molar-refractivity contribution in [3.05, 3.63) is 29.6 Å². The Balaban J connectivity index is 2.51. The maximum Gasteiger partial charge on any atom is 0.196 e. The minimum atomic E-state index is -1.47. The Morgan fingerprint density at radius 3 is 2.35 bits per heavy atom. The number of benzene rings is 1. The van der Waals surface area contributed by atoms with E-state index < -0.39 is 17.5 Å². The highest BCUT2D eigenvalue weighted by Gasteiger charge is 2.13. The zero-order chi connectivity index (χ0) is 13.1. The van der Waals surface area contributed by atoms with Gasteiger partial charge in [-0.25, -0.2) is 13.2 Å². The first kappa shape index (κ1) is 13.8. The fourth-order valence-electron chi connectivity index (χ4n) is 1.21. The summed E-state index contributed by atoms with van der Waals surface area (Å²) in [4.78, 5) is 0. The molecule has 2 nitrogen and oxygen atoms in total. The van der Waals surface area contributed by atoms with E-state index in [1.165, 1.54) is 0 Å². The Morgan fingerprint density at radius 2 is 1.76 bits per heavy atom. The number of anilines is 1. The lowest BCUT2D eigenvalue weighted by molar-refractivity contribution is 0.00331. The summed E-state index contributed by atoms with van der Waals surface area (Å²) in [6.45, 7) is 6.35. The molecule has 0 amide bonds. The van der Waals surface area contributed by atoms with Crippen molar-refractivity contribution < 1.29 is 17.9 Å². The quantitative estimate of drug-likeness (QED) is 0.651. The average molecular weight is 247 g/mol. The molecule has 1 aromatic rings. The molecule has 1 rings (SSSR count). The van der Waals surface area contributed by atoms with Gasteiger partial charge >= 0.3 is 0 Å². The van der Waals surface area contributed by atoms with E-state index in [1.807, 2.05) is 20.8 Å². The van der Waals surface area contributed by atoms with Crippen LogP contribution in [-0.4, -0.2) is 18.8 Å². The van der Waals surface area contributed by atoms with Gasteiger partial charge in [0.05, 0.1) is 17.9 Å². The van der Waals surface area contributed by atoms with Gasteiger partial charge in [-0.2, -0.15) is 0 Å². The van der Waals surface area contributed by atoms with E-state index in [-0.39, 0.29) is 11.3 Å². The predicted octanol–water partition coefficient (Wildman–Crippen LogP) is 3.33. The molecule has 0 heterocycles. The molecule has 0 bridgehead atoms. The molecule has 0 radical (unpaired) electrons. The second kappa shape index (κ2) is 5.40. The van der Waals surface area contributed by atoms with E-state index in [0.29, 0.717) is 13.2 Å². The van der Waals surface area contributed by atoms with Crippen molar-refractivity contribution in [2.24, 2.45) is 0 Å². The minimum Gasteiger partial charge on any atom is -0.380 e.